The van der Waals surface area contributed by atoms with Gasteiger partial charge in [-0.3, -0.25) is 9.48 Å². The van der Waals surface area contributed by atoms with Crippen LogP contribution in [0, 0.1) is 5.82 Å². The van der Waals surface area contributed by atoms with Crippen LogP contribution in [0.3, 0.4) is 0 Å². The highest BCUT2D eigenvalue weighted by atomic mass is 19.1. The third kappa shape index (κ3) is 3.29. The molecule has 25 heavy (non-hydrogen) atoms. The highest BCUT2D eigenvalue weighted by molar-refractivity contribution is 5.89. The Morgan fingerprint density at radius 2 is 2.28 bits per heavy atom. The van der Waals surface area contributed by atoms with E-state index in [1.165, 1.54) is 12.1 Å². The minimum atomic E-state index is -0.275. The van der Waals surface area contributed by atoms with Crippen LogP contribution in [-0.4, -0.2) is 38.2 Å². The standard InChI is InChI=1S/C19H21FN4O/c20-15-5-6-17-14(12-21-18(17)11-15)10-19(25)24-9-2-1-4-16(24)13-23-8-3-7-22-23/h3,5-8,11-12,16,21H,1-2,4,9-10,13H2. The highest BCUT2D eigenvalue weighted by Crippen LogP contribution is 2.23. The molecule has 0 radical (unpaired) electrons. The minimum Gasteiger partial charge on any atom is -0.361 e. The zero-order valence-corrected chi connectivity index (χ0v) is 14.0. The van der Waals surface area contributed by atoms with Crippen LogP contribution < -0.4 is 0 Å². The van der Waals surface area contributed by atoms with Gasteiger partial charge < -0.3 is 9.88 Å². The summed E-state index contributed by atoms with van der Waals surface area (Å²) in [5.41, 5.74) is 1.65. The second-order valence-corrected chi connectivity index (χ2v) is 6.65. The van der Waals surface area contributed by atoms with Crippen molar-refractivity contribution < 1.29 is 9.18 Å². The zero-order chi connectivity index (χ0) is 17.2. The number of nitrogens with one attached hydrogen (secondary N) is 1. The number of H-pyrrole nitrogens is 1. The lowest BCUT2D eigenvalue weighted by atomic mass is 10.0. The fraction of sp³-hybridized carbons (Fsp3) is 0.368. The van der Waals surface area contributed by atoms with Crippen LogP contribution in [0.5, 0.6) is 0 Å². The molecule has 1 N–H and O–H groups in total. The monoisotopic (exact) mass is 340 g/mol. The van der Waals surface area contributed by atoms with Crippen LogP contribution in [-0.2, 0) is 17.8 Å². The Morgan fingerprint density at radius 1 is 1.36 bits per heavy atom. The molecule has 1 fully saturated rings. The van der Waals surface area contributed by atoms with Crippen LogP contribution in [0.1, 0.15) is 24.8 Å². The quantitative estimate of drug-likeness (QED) is 0.793. The maximum absolute atomic E-state index is 13.3. The first-order valence-corrected chi connectivity index (χ1v) is 8.73. The van der Waals surface area contributed by atoms with Gasteiger partial charge in [-0.2, -0.15) is 5.10 Å². The Labute approximate surface area is 145 Å². The lowest BCUT2D eigenvalue weighted by Gasteiger charge is -2.35. The van der Waals surface area contributed by atoms with Gasteiger partial charge in [0, 0.05) is 36.0 Å². The summed E-state index contributed by atoms with van der Waals surface area (Å²) in [7, 11) is 0. The van der Waals surface area contributed by atoms with Gasteiger partial charge in [0.15, 0.2) is 0 Å². The topological polar surface area (TPSA) is 53.9 Å². The summed E-state index contributed by atoms with van der Waals surface area (Å²) in [5, 5.41) is 5.18. The van der Waals surface area contributed by atoms with E-state index in [-0.39, 0.29) is 17.8 Å². The number of amides is 1. The smallest absolute Gasteiger partial charge is 0.227 e. The number of benzene rings is 1. The molecule has 1 unspecified atom stereocenters. The first-order chi connectivity index (χ1) is 12.2. The number of nitrogens with zero attached hydrogens (tertiary/aromatic N) is 3. The zero-order valence-electron chi connectivity index (χ0n) is 14.0. The number of aromatic amines is 1. The van der Waals surface area contributed by atoms with Crippen molar-refractivity contribution in [1.82, 2.24) is 19.7 Å². The number of fused-ring (bicyclic) bond motifs is 1. The molecule has 0 spiro atoms. The van der Waals surface area contributed by atoms with Crippen molar-refractivity contribution in [2.45, 2.75) is 38.3 Å². The SMILES string of the molecule is O=C(Cc1c[nH]c2cc(F)ccc12)N1CCCCC1Cn1cccn1. The number of halogens is 1. The molecule has 130 valence electrons. The summed E-state index contributed by atoms with van der Waals surface area (Å²) < 4.78 is 15.2. The average Bonchev–Trinajstić information content (AvgIpc) is 3.25. The Kier molecular flexibility index (Phi) is 4.26. The van der Waals surface area contributed by atoms with E-state index in [2.05, 4.69) is 10.1 Å². The van der Waals surface area contributed by atoms with Crippen molar-refractivity contribution in [1.29, 1.82) is 0 Å². The van der Waals surface area contributed by atoms with Gasteiger partial charge in [0.2, 0.25) is 5.91 Å². The summed E-state index contributed by atoms with van der Waals surface area (Å²) in [6, 6.07) is 6.72. The third-order valence-corrected chi connectivity index (χ3v) is 4.98. The molecule has 1 saturated heterocycles. The van der Waals surface area contributed by atoms with Crippen LogP contribution in [0.2, 0.25) is 0 Å². The maximum Gasteiger partial charge on any atom is 0.227 e. The molecular formula is C19H21FN4O. The number of likely N-dealkylation sites (tertiary alicyclic amines) is 1. The van der Waals surface area contributed by atoms with E-state index in [0.717, 1.165) is 48.8 Å². The lowest BCUT2D eigenvalue weighted by Crippen LogP contribution is -2.46. The second kappa shape index (κ2) is 6.70. The molecule has 0 bridgehead atoms. The molecule has 1 aliphatic rings. The highest BCUT2D eigenvalue weighted by Gasteiger charge is 2.27. The van der Waals surface area contributed by atoms with Gasteiger partial charge in [-0.25, -0.2) is 4.39 Å². The van der Waals surface area contributed by atoms with Gasteiger partial charge in [0.1, 0.15) is 5.82 Å². The van der Waals surface area contributed by atoms with Crippen molar-refractivity contribution in [2.24, 2.45) is 0 Å². The normalized spacial score (nSPS) is 18.0. The van der Waals surface area contributed by atoms with E-state index in [4.69, 9.17) is 0 Å². The molecule has 2 aromatic heterocycles. The van der Waals surface area contributed by atoms with Crippen LogP contribution >= 0.6 is 0 Å². The van der Waals surface area contributed by atoms with E-state index in [9.17, 15) is 9.18 Å². The van der Waals surface area contributed by atoms with Gasteiger partial charge in [-0.15, -0.1) is 0 Å². The predicted octanol–water partition coefficient (Wildman–Crippen LogP) is 3.13. The van der Waals surface area contributed by atoms with Crippen LogP contribution in [0.25, 0.3) is 10.9 Å². The summed E-state index contributed by atoms with van der Waals surface area (Å²) in [6.45, 7) is 1.53. The van der Waals surface area contributed by atoms with Crippen molar-refractivity contribution in [3.63, 3.8) is 0 Å². The number of carbonyl (C=O) groups excluding carboxylic acids is 1. The third-order valence-electron chi connectivity index (χ3n) is 4.98. The van der Waals surface area contributed by atoms with Crippen molar-refractivity contribution >= 4 is 16.8 Å². The largest absolute Gasteiger partial charge is 0.361 e. The Bertz CT molecular complexity index is 871. The maximum atomic E-state index is 13.3. The van der Waals surface area contributed by atoms with Gasteiger partial charge in [0.25, 0.3) is 0 Å². The summed E-state index contributed by atoms with van der Waals surface area (Å²) in [4.78, 5) is 18.0. The molecule has 1 aromatic carbocycles. The molecule has 4 rings (SSSR count). The number of piperidine rings is 1. The van der Waals surface area contributed by atoms with E-state index in [1.54, 1.807) is 12.3 Å². The Hall–Kier alpha value is -2.63. The average molecular weight is 340 g/mol. The second-order valence-electron chi connectivity index (χ2n) is 6.65. The van der Waals surface area contributed by atoms with Crippen LogP contribution in [0.15, 0.2) is 42.9 Å². The fourth-order valence-corrected chi connectivity index (χ4v) is 3.71. The minimum absolute atomic E-state index is 0.127. The molecule has 1 atom stereocenters. The molecule has 3 heterocycles. The molecular weight excluding hydrogens is 319 g/mol. The molecule has 6 heteroatoms. The molecule has 5 nitrogen and oxygen atoms in total. The van der Waals surface area contributed by atoms with Crippen molar-refractivity contribution in [3.8, 4) is 0 Å². The van der Waals surface area contributed by atoms with Gasteiger partial charge in [-0.05, 0) is 49.1 Å². The number of rotatable bonds is 4. The van der Waals surface area contributed by atoms with Crippen molar-refractivity contribution in [2.75, 3.05) is 6.54 Å². The molecule has 0 aliphatic carbocycles. The number of carbonyl (C=O) groups is 1. The Morgan fingerprint density at radius 3 is 3.12 bits per heavy atom. The fourth-order valence-electron chi connectivity index (χ4n) is 3.71. The van der Waals surface area contributed by atoms with E-state index in [0.29, 0.717) is 6.42 Å². The Balaban J connectivity index is 1.51. The van der Waals surface area contributed by atoms with E-state index < -0.39 is 0 Å². The van der Waals surface area contributed by atoms with E-state index >= 15 is 0 Å². The predicted molar refractivity (Wildman–Crippen MR) is 93.5 cm³/mol. The lowest BCUT2D eigenvalue weighted by molar-refractivity contribution is -0.134. The number of hydrogen-bond acceptors (Lipinski definition) is 2. The van der Waals surface area contributed by atoms with Crippen molar-refractivity contribution in [3.05, 3.63) is 54.2 Å². The van der Waals surface area contributed by atoms with Gasteiger partial charge in [-0.1, -0.05) is 0 Å². The number of aromatic nitrogens is 3. The van der Waals surface area contributed by atoms with E-state index in [1.807, 2.05) is 28.0 Å². The molecule has 1 aliphatic heterocycles. The molecule has 1 amide bonds. The first-order valence-electron chi connectivity index (χ1n) is 8.73. The number of hydrogen-bond donors (Lipinski definition) is 1. The van der Waals surface area contributed by atoms with Crippen LogP contribution in [0.4, 0.5) is 4.39 Å². The van der Waals surface area contributed by atoms with Gasteiger partial charge in [0.05, 0.1) is 19.0 Å². The summed E-state index contributed by atoms with van der Waals surface area (Å²) in [5.74, 6) is -0.148. The first kappa shape index (κ1) is 15.9. The molecule has 0 saturated carbocycles. The summed E-state index contributed by atoms with van der Waals surface area (Å²) >= 11 is 0. The van der Waals surface area contributed by atoms with Gasteiger partial charge >= 0.3 is 0 Å². The molecule has 3 aromatic rings. The summed E-state index contributed by atoms with van der Waals surface area (Å²) in [6.07, 6.45) is 9.04.